The summed E-state index contributed by atoms with van der Waals surface area (Å²) in [4.78, 5) is 0. The van der Waals surface area contributed by atoms with E-state index in [1.54, 1.807) is 14.0 Å². The SMILES string of the molecule is COc1ccccc1OCCC(C)(N)CO. The summed E-state index contributed by atoms with van der Waals surface area (Å²) in [7, 11) is 1.60. The first kappa shape index (κ1) is 12.8. The Morgan fingerprint density at radius 2 is 1.94 bits per heavy atom. The average molecular weight is 225 g/mol. The lowest BCUT2D eigenvalue weighted by molar-refractivity contribution is 0.173. The molecule has 0 fully saturated rings. The molecule has 0 aromatic heterocycles. The predicted octanol–water partition coefficient (Wildman–Crippen LogP) is 1.17. The number of hydrogen-bond donors (Lipinski definition) is 2. The summed E-state index contributed by atoms with van der Waals surface area (Å²) in [5, 5.41) is 8.99. The van der Waals surface area contributed by atoms with Crippen LogP contribution in [-0.2, 0) is 0 Å². The van der Waals surface area contributed by atoms with E-state index in [9.17, 15) is 0 Å². The van der Waals surface area contributed by atoms with Crippen LogP contribution in [-0.4, -0.2) is 31.0 Å². The van der Waals surface area contributed by atoms with Gasteiger partial charge in [-0.05, 0) is 19.1 Å². The molecule has 0 aliphatic carbocycles. The predicted molar refractivity (Wildman–Crippen MR) is 62.8 cm³/mol. The van der Waals surface area contributed by atoms with Gasteiger partial charge in [-0.2, -0.15) is 0 Å². The summed E-state index contributed by atoms with van der Waals surface area (Å²) in [6.07, 6.45) is 0.585. The van der Waals surface area contributed by atoms with Crippen LogP contribution in [0.5, 0.6) is 11.5 Å². The molecule has 0 aliphatic heterocycles. The number of aliphatic hydroxyl groups excluding tert-OH is 1. The van der Waals surface area contributed by atoms with E-state index in [1.165, 1.54) is 0 Å². The van der Waals surface area contributed by atoms with Crippen molar-refractivity contribution in [3.63, 3.8) is 0 Å². The maximum atomic E-state index is 8.99. The fourth-order valence-corrected chi connectivity index (χ4v) is 1.21. The van der Waals surface area contributed by atoms with E-state index in [4.69, 9.17) is 20.3 Å². The fourth-order valence-electron chi connectivity index (χ4n) is 1.21. The molecular formula is C12H19NO3. The van der Waals surface area contributed by atoms with Crippen LogP contribution in [0.2, 0.25) is 0 Å². The van der Waals surface area contributed by atoms with Gasteiger partial charge in [0, 0.05) is 12.0 Å². The molecule has 0 heterocycles. The zero-order chi connectivity index (χ0) is 12.0. The van der Waals surface area contributed by atoms with Crippen LogP contribution in [0.3, 0.4) is 0 Å². The molecule has 0 amide bonds. The average Bonchev–Trinajstić information content (AvgIpc) is 2.29. The van der Waals surface area contributed by atoms with Gasteiger partial charge in [-0.25, -0.2) is 0 Å². The number of para-hydroxylation sites is 2. The minimum atomic E-state index is -0.595. The Balaban J connectivity index is 2.49. The molecular weight excluding hydrogens is 206 g/mol. The first-order valence-corrected chi connectivity index (χ1v) is 5.24. The topological polar surface area (TPSA) is 64.7 Å². The number of nitrogens with two attached hydrogens (primary N) is 1. The van der Waals surface area contributed by atoms with E-state index >= 15 is 0 Å². The lowest BCUT2D eigenvalue weighted by atomic mass is 10.0. The van der Waals surface area contributed by atoms with Gasteiger partial charge < -0.3 is 20.3 Å². The van der Waals surface area contributed by atoms with Crippen molar-refractivity contribution >= 4 is 0 Å². The molecule has 90 valence electrons. The van der Waals surface area contributed by atoms with Crippen LogP contribution >= 0.6 is 0 Å². The van der Waals surface area contributed by atoms with Gasteiger partial charge in [0.15, 0.2) is 11.5 Å². The van der Waals surface area contributed by atoms with Crippen LogP contribution in [0.25, 0.3) is 0 Å². The number of hydrogen-bond acceptors (Lipinski definition) is 4. The zero-order valence-electron chi connectivity index (χ0n) is 9.77. The Bertz CT molecular complexity index is 326. The molecule has 0 radical (unpaired) electrons. The lowest BCUT2D eigenvalue weighted by Gasteiger charge is -2.21. The van der Waals surface area contributed by atoms with E-state index < -0.39 is 5.54 Å². The van der Waals surface area contributed by atoms with Gasteiger partial charge in [0.05, 0.1) is 20.3 Å². The van der Waals surface area contributed by atoms with Crippen molar-refractivity contribution in [3.8, 4) is 11.5 Å². The molecule has 0 spiro atoms. The number of rotatable bonds is 6. The van der Waals surface area contributed by atoms with Gasteiger partial charge in [-0.15, -0.1) is 0 Å². The maximum absolute atomic E-state index is 8.99. The molecule has 0 saturated carbocycles. The van der Waals surface area contributed by atoms with Crippen molar-refractivity contribution in [1.29, 1.82) is 0 Å². The highest BCUT2D eigenvalue weighted by molar-refractivity contribution is 5.39. The Kier molecular flexibility index (Phi) is 4.58. The zero-order valence-corrected chi connectivity index (χ0v) is 9.77. The molecule has 1 aromatic carbocycles. The van der Waals surface area contributed by atoms with Crippen molar-refractivity contribution in [2.75, 3.05) is 20.3 Å². The minimum Gasteiger partial charge on any atom is -0.493 e. The summed E-state index contributed by atoms with van der Waals surface area (Å²) < 4.78 is 10.7. The standard InChI is InChI=1S/C12H19NO3/c1-12(13,9-14)7-8-16-11-6-4-3-5-10(11)15-2/h3-6,14H,7-9,13H2,1-2H3. The Morgan fingerprint density at radius 3 is 2.50 bits per heavy atom. The van der Waals surface area contributed by atoms with E-state index in [1.807, 2.05) is 24.3 Å². The first-order chi connectivity index (χ1) is 7.59. The van der Waals surface area contributed by atoms with Crippen LogP contribution < -0.4 is 15.2 Å². The van der Waals surface area contributed by atoms with E-state index in [0.717, 1.165) is 0 Å². The minimum absolute atomic E-state index is 0.0533. The second kappa shape index (κ2) is 5.72. The summed E-state index contributed by atoms with van der Waals surface area (Å²) in [6, 6.07) is 7.44. The molecule has 4 nitrogen and oxygen atoms in total. The van der Waals surface area contributed by atoms with Gasteiger partial charge in [-0.3, -0.25) is 0 Å². The van der Waals surface area contributed by atoms with Crippen molar-refractivity contribution < 1.29 is 14.6 Å². The maximum Gasteiger partial charge on any atom is 0.161 e. The van der Waals surface area contributed by atoms with Crippen molar-refractivity contribution in [2.45, 2.75) is 18.9 Å². The van der Waals surface area contributed by atoms with E-state index in [0.29, 0.717) is 24.5 Å². The van der Waals surface area contributed by atoms with Gasteiger partial charge in [0.2, 0.25) is 0 Å². The van der Waals surface area contributed by atoms with Crippen LogP contribution in [0.1, 0.15) is 13.3 Å². The van der Waals surface area contributed by atoms with Crippen LogP contribution in [0, 0.1) is 0 Å². The largest absolute Gasteiger partial charge is 0.493 e. The first-order valence-electron chi connectivity index (χ1n) is 5.24. The van der Waals surface area contributed by atoms with Crippen molar-refractivity contribution in [2.24, 2.45) is 5.73 Å². The fraction of sp³-hybridized carbons (Fsp3) is 0.500. The molecule has 1 unspecified atom stereocenters. The number of aliphatic hydroxyl groups is 1. The quantitative estimate of drug-likeness (QED) is 0.763. The molecule has 16 heavy (non-hydrogen) atoms. The summed E-state index contributed by atoms with van der Waals surface area (Å²) in [6.45, 7) is 2.19. The van der Waals surface area contributed by atoms with E-state index in [-0.39, 0.29) is 6.61 Å². The second-order valence-electron chi connectivity index (χ2n) is 4.06. The van der Waals surface area contributed by atoms with Gasteiger partial charge >= 0.3 is 0 Å². The van der Waals surface area contributed by atoms with Crippen molar-refractivity contribution in [1.82, 2.24) is 0 Å². The van der Waals surface area contributed by atoms with Gasteiger partial charge in [0.25, 0.3) is 0 Å². The second-order valence-corrected chi connectivity index (χ2v) is 4.06. The normalized spacial score (nSPS) is 14.2. The molecule has 4 heteroatoms. The molecule has 1 atom stereocenters. The van der Waals surface area contributed by atoms with E-state index in [2.05, 4.69) is 0 Å². The lowest BCUT2D eigenvalue weighted by Crippen LogP contribution is -2.41. The highest BCUT2D eigenvalue weighted by Crippen LogP contribution is 2.26. The summed E-state index contributed by atoms with van der Waals surface area (Å²) in [5.41, 5.74) is 5.19. The highest BCUT2D eigenvalue weighted by Gasteiger charge is 2.17. The monoisotopic (exact) mass is 225 g/mol. The Hall–Kier alpha value is -1.26. The smallest absolute Gasteiger partial charge is 0.161 e. The summed E-state index contributed by atoms with van der Waals surface area (Å²) >= 11 is 0. The van der Waals surface area contributed by atoms with Crippen LogP contribution in [0.4, 0.5) is 0 Å². The molecule has 1 rings (SSSR count). The van der Waals surface area contributed by atoms with Crippen LogP contribution in [0.15, 0.2) is 24.3 Å². The third kappa shape index (κ3) is 3.72. The Labute approximate surface area is 96.0 Å². The highest BCUT2D eigenvalue weighted by atomic mass is 16.5. The van der Waals surface area contributed by atoms with Gasteiger partial charge in [0.1, 0.15) is 0 Å². The van der Waals surface area contributed by atoms with Gasteiger partial charge in [-0.1, -0.05) is 12.1 Å². The molecule has 0 saturated heterocycles. The third-order valence-corrected chi connectivity index (χ3v) is 2.36. The molecule has 0 bridgehead atoms. The molecule has 0 aliphatic rings. The van der Waals surface area contributed by atoms with Crippen molar-refractivity contribution in [3.05, 3.63) is 24.3 Å². The molecule has 3 N–H and O–H groups in total. The number of ether oxygens (including phenoxy) is 2. The molecule has 1 aromatic rings. The summed E-state index contributed by atoms with van der Waals surface area (Å²) in [5.74, 6) is 1.39. The third-order valence-electron chi connectivity index (χ3n) is 2.36. The number of methoxy groups -OCH3 is 1. The Morgan fingerprint density at radius 1 is 1.31 bits per heavy atom. The number of benzene rings is 1.